The smallest absolute Gasteiger partial charge is 0.255 e. The van der Waals surface area contributed by atoms with Crippen molar-refractivity contribution in [3.8, 4) is 0 Å². The van der Waals surface area contributed by atoms with Crippen LogP contribution < -0.4 is 0 Å². The first-order valence-corrected chi connectivity index (χ1v) is 4.36. The van der Waals surface area contributed by atoms with Crippen molar-refractivity contribution in [1.82, 2.24) is 0 Å². The molecule has 1 aromatic rings. The van der Waals surface area contributed by atoms with E-state index in [1.807, 2.05) is 18.2 Å². The van der Waals surface area contributed by atoms with Gasteiger partial charge in [-0.2, -0.15) is 0 Å². The van der Waals surface area contributed by atoms with E-state index in [0.717, 1.165) is 12.0 Å². The Hall–Kier alpha value is -0.860. The first-order valence-electron chi connectivity index (χ1n) is 4.36. The molecular formula is C11H15O2. The predicted octanol–water partition coefficient (Wildman–Crippen LogP) is 2.38. The summed E-state index contributed by atoms with van der Waals surface area (Å²) in [4.78, 5) is 0. The van der Waals surface area contributed by atoms with Gasteiger partial charge in [0.1, 0.15) is 0 Å². The molecule has 0 fully saturated rings. The van der Waals surface area contributed by atoms with Gasteiger partial charge in [0.05, 0.1) is 0 Å². The molecule has 0 aliphatic rings. The highest BCUT2D eigenvalue weighted by atomic mass is 16.7. The molecule has 71 valence electrons. The molecule has 2 nitrogen and oxygen atoms in total. The van der Waals surface area contributed by atoms with Gasteiger partial charge in [-0.25, -0.2) is 0 Å². The Morgan fingerprint density at radius 1 is 1.15 bits per heavy atom. The summed E-state index contributed by atoms with van der Waals surface area (Å²) in [5.41, 5.74) is 2.27. The van der Waals surface area contributed by atoms with Crippen LogP contribution in [0, 0.1) is 6.29 Å². The van der Waals surface area contributed by atoms with Crippen LogP contribution in [-0.4, -0.2) is 14.2 Å². The van der Waals surface area contributed by atoms with Crippen LogP contribution in [0.4, 0.5) is 0 Å². The first kappa shape index (κ1) is 10.2. The number of methoxy groups -OCH3 is 2. The van der Waals surface area contributed by atoms with Crippen molar-refractivity contribution < 1.29 is 9.47 Å². The van der Waals surface area contributed by atoms with Gasteiger partial charge in [0, 0.05) is 19.8 Å². The number of hydrogen-bond donors (Lipinski definition) is 0. The zero-order chi connectivity index (χ0) is 9.68. The second-order valence-corrected chi connectivity index (χ2v) is 2.71. The van der Waals surface area contributed by atoms with Crippen LogP contribution in [0.25, 0.3) is 0 Å². The molecule has 0 unspecified atom stereocenters. The Morgan fingerprint density at radius 3 is 2.31 bits per heavy atom. The maximum absolute atomic E-state index is 5.12. The Kier molecular flexibility index (Phi) is 3.93. The molecule has 0 atom stereocenters. The molecule has 0 spiro atoms. The van der Waals surface area contributed by atoms with E-state index in [-0.39, 0.29) is 0 Å². The first-order chi connectivity index (χ1) is 6.33. The minimum Gasteiger partial charge on any atom is -0.345 e. The van der Waals surface area contributed by atoms with E-state index in [2.05, 4.69) is 13.0 Å². The van der Waals surface area contributed by atoms with E-state index in [1.165, 1.54) is 5.56 Å². The highest BCUT2D eigenvalue weighted by Gasteiger charge is 2.13. The molecule has 0 N–H and O–H groups in total. The van der Waals surface area contributed by atoms with E-state index in [4.69, 9.17) is 9.47 Å². The van der Waals surface area contributed by atoms with Crippen molar-refractivity contribution in [2.24, 2.45) is 0 Å². The number of benzene rings is 1. The van der Waals surface area contributed by atoms with Crippen molar-refractivity contribution >= 4 is 0 Å². The van der Waals surface area contributed by atoms with E-state index < -0.39 is 0 Å². The van der Waals surface area contributed by atoms with E-state index in [1.54, 1.807) is 14.2 Å². The van der Waals surface area contributed by atoms with E-state index in [0.29, 0.717) is 6.29 Å². The molecular weight excluding hydrogens is 164 g/mol. The number of aryl methyl sites for hydroxylation is 1. The molecule has 0 bridgehead atoms. The van der Waals surface area contributed by atoms with Crippen molar-refractivity contribution in [1.29, 1.82) is 0 Å². The number of hydrogen-bond acceptors (Lipinski definition) is 2. The second kappa shape index (κ2) is 5.00. The van der Waals surface area contributed by atoms with Gasteiger partial charge in [0.15, 0.2) is 0 Å². The van der Waals surface area contributed by atoms with Crippen molar-refractivity contribution in [3.63, 3.8) is 0 Å². The summed E-state index contributed by atoms with van der Waals surface area (Å²) in [5.74, 6) is 0. The molecule has 0 aliphatic heterocycles. The van der Waals surface area contributed by atoms with Crippen molar-refractivity contribution in [3.05, 3.63) is 41.7 Å². The molecule has 1 rings (SSSR count). The summed E-state index contributed by atoms with van der Waals surface area (Å²) in [6.07, 6.45) is 1.56. The minimum atomic E-state index is 0.581. The van der Waals surface area contributed by atoms with Gasteiger partial charge in [0.2, 0.25) is 0 Å². The highest BCUT2D eigenvalue weighted by Crippen LogP contribution is 2.20. The van der Waals surface area contributed by atoms with Crippen LogP contribution >= 0.6 is 0 Å². The number of rotatable bonds is 4. The Bertz CT molecular complexity index is 254. The SMILES string of the molecule is CCc1ccccc1[C](OC)OC. The lowest BCUT2D eigenvalue weighted by Crippen LogP contribution is -2.07. The summed E-state index contributed by atoms with van der Waals surface area (Å²) in [5, 5.41) is 0. The average molecular weight is 179 g/mol. The number of ether oxygens (including phenoxy) is 2. The van der Waals surface area contributed by atoms with Gasteiger partial charge in [-0.1, -0.05) is 31.2 Å². The molecule has 0 aliphatic carbocycles. The van der Waals surface area contributed by atoms with Crippen LogP contribution in [0.5, 0.6) is 0 Å². The lowest BCUT2D eigenvalue weighted by Gasteiger charge is -2.14. The minimum absolute atomic E-state index is 0.581. The van der Waals surface area contributed by atoms with Crippen molar-refractivity contribution in [2.45, 2.75) is 13.3 Å². The lowest BCUT2D eigenvalue weighted by atomic mass is 10.1. The molecule has 2 heteroatoms. The Balaban J connectivity index is 2.96. The van der Waals surface area contributed by atoms with Crippen LogP contribution in [0.3, 0.4) is 0 Å². The fourth-order valence-corrected chi connectivity index (χ4v) is 1.33. The molecule has 1 radical (unpaired) electrons. The van der Waals surface area contributed by atoms with Crippen LogP contribution in [-0.2, 0) is 15.9 Å². The summed E-state index contributed by atoms with van der Waals surface area (Å²) in [6, 6.07) is 8.08. The summed E-state index contributed by atoms with van der Waals surface area (Å²) < 4.78 is 10.2. The molecule has 0 saturated carbocycles. The largest absolute Gasteiger partial charge is 0.345 e. The van der Waals surface area contributed by atoms with Gasteiger partial charge < -0.3 is 9.47 Å². The van der Waals surface area contributed by atoms with E-state index >= 15 is 0 Å². The van der Waals surface area contributed by atoms with Gasteiger partial charge in [0.25, 0.3) is 6.29 Å². The maximum atomic E-state index is 5.12. The van der Waals surface area contributed by atoms with Gasteiger partial charge in [-0.15, -0.1) is 0 Å². The molecule has 13 heavy (non-hydrogen) atoms. The predicted molar refractivity (Wildman–Crippen MR) is 52.2 cm³/mol. The van der Waals surface area contributed by atoms with Crippen LogP contribution in [0.15, 0.2) is 24.3 Å². The Labute approximate surface area is 79.5 Å². The van der Waals surface area contributed by atoms with Crippen LogP contribution in [0.2, 0.25) is 0 Å². The molecule has 1 aromatic carbocycles. The molecule has 0 saturated heterocycles. The molecule has 0 amide bonds. The summed E-state index contributed by atoms with van der Waals surface area (Å²) in [6.45, 7) is 2.11. The zero-order valence-corrected chi connectivity index (χ0v) is 8.33. The maximum Gasteiger partial charge on any atom is 0.255 e. The third-order valence-electron chi connectivity index (χ3n) is 1.99. The molecule has 0 heterocycles. The monoisotopic (exact) mass is 179 g/mol. The van der Waals surface area contributed by atoms with Crippen LogP contribution in [0.1, 0.15) is 18.1 Å². The third-order valence-corrected chi connectivity index (χ3v) is 1.99. The van der Waals surface area contributed by atoms with Gasteiger partial charge >= 0.3 is 0 Å². The normalized spacial score (nSPS) is 10.8. The fraction of sp³-hybridized carbons (Fsp3) is 0.364. The quantitative estimate of drug-likeness (QED) is 0.706. The topological polar surface area (TPSA) is 18.5 Å². The zero-order valence-electron chi connectivity index (χ0n) is 8.33. The average Bonchev–Trinajstić information content (AvgIpc) is 2.20. The lowest BCUT2D eigenvalue weighted by molar-refractivity contribution is 0.0264. The van der Waals surface area contributed by atoms with E-state index in [9.17, 15) is 0 Å². The second-order valence-electron chi connectivity index (χ2n) is 2.71. The summed E-state index contributed by atoms with van der Waals surface area (Å²) in [7, 11) is 3.23. The summed E-state index contributed by atoms with van der Waals surface area (Å²) >= 11 is 0. The standard InChI is InChI=1S/C11H15O2/c1-4-9-7-5-6-8-10(9)11(12-2)13-3/h5-8H,4H2,1-3H3. The third kappa shape index (κ3) is 2.29. The van der Waals surface area contributed by atoms with Gasteiger partial charge in [-0.3, -0.25) is 0 Å². The van der Waals surface area contributed by atoms with Gasteiger partial charge in [-0.05, 0) is 12.0 Å². The molecule has 0 aromatic heterocycles. The Morgan fingerprint density at radius 2 is 1.77 bits per heavy atom. The highest BCUT2D eigenvalue weighted by molar-refractivity contribution is 5.33. The fourth-order valence-electron chi connectivity index (χ4n) is 1.33. The van der Waals surface area contributed by atoms with Crippen molar-refractivity contribution in [2.75, 3.05) is 14.2 Å².